The minimum absolute atomic E-state index is 0.123. The Kier molecular flexibility index (Phi) is 5.49. The number of nitrogens with one attached hydrogen (secondary N) is 2. The molecule has 3 aromatic rings. The largest absolute Gasteiger partial charge is 0.345 e. The van der Waals surface area contributed by atoms with Gasteiger partial charge in [-0.1, -0.05) is 43.7 Å². The number of H-pyrrole nitrogens is 1. The molecule has 0 saturated heterocycles. The lowest BCUT2D eigenvalue weighted by Crippen LogP contribution is -2.31. The molecule has 0 fully saturated rings. The van der Waals surface area contributed by atoms with E-state index in [-0.39, 0.29) is 28.5 Å². The summed E-state index contributed by atoms with van der Waals surface area (Å²) in [5.74, 6) is -0.305. The number of aromatic nitrogens is 3. The molecule has 0 saturated carbocycles. The third-order valence-corrected chi connectivity index (χ3v) is 4.50. The molecule has 2 heterocycles. The van der Waals surface area contributed by atoms with Gasteiger partial charge in [-0.3, -0.25) is 19.1 Å². The van der Waals surface area contributed by atoms with Crippen molar-refractivity contribution in [3.63, 3.8) is 0 Å². The molecular weight excluding hydrogens is 344 g/mol. The van der Waals surface area contributed by atoms with Gasteiger partial charge in [0, 0.05) is 12.7 Å². The zero-order chi connectivity index (χ0) is 19.4. The van der Waals surface area contributed by atoms with E-state index >= 15 is 0 Å². The number of aromatic amines is 1. The maximum Gasteiger partial charge on any atom is 0.329 e. The van der Waals surface area contributed by atoms with E-state index in [1.807, 2.05) is 30.3 Å². The van der Waals surface area contributed by atoms with E-state index in [1.54, 1.807) is 6.92 Å². The summed E-state index contributed by atoms with van der Waals surface area (Å²) in [6.07, 6.45) is 3.11. The van der Waals surface area contributed by atoms with Crippen LogP contribution < -0.4 is 16.6 Å². The number of carbonyl (C=O) groups excluding carboxylic acids is 1. The van der Waals surface area contributed by atoms with Gasteiger partial charge >= 0.3 is 5.69 Å². The van der Waals surface area contributed by atoms with Crippen LogP contribution in [0.4, 0.5) is 0 Å². The molecule has 0 aliphatic heterocycles. The number of carbonyl (C=O) groups is 1. The number of benzene rings is 1. The van der Waals surface area contributed by atoms with E-state index in [0.717, 1.165) is 18.4 Å². The molecule has 140 valence electrons. The highest BCUT2D eigenvalue weighted by molar-refractivity contribution is 5.96. The highest BCUT2D eigenvalue weighted by Gasteiger charge is 2.17. The third kappa shape index (κ3) is 3.81. The Morgan fingerprint density at radius 2 is 1.96 bits per heavy atom. The van der Waals surface area contributed by atoms with Crippen LogP contribution in [0.15, 0.2) is 52.2 Å². The minimum atomic E-state index is -0.546. The Labute approximate surface area is 156 Å². The Morgan fingerprint density at radius 3 is 2.63 bits per heavy atom. The van der Waals surface area contributed by atoms with Crippen molar-refractivity contribution < 1.29 is 4.79 Å². The maximum absolute atomic E-state index is 12.7. The average molecular weight is 366 g/mol. The van der Waals surface area contributed by atoms with Gasteiger partial charge < -0.3 is 5.32 Å². The molecule has 0 radical (unpaired) electrons. The normalized spacial score (nSPS) is 12.1. The second-order valence-electron chi connectivity index (χ2n) is 6.32. The quantitative estimate of drug-likeness (QED) is 0.700. The van der Waals surface area contributed by atoms with Gasteiger partial charge in [0.1, 0.15) is 5.65 Å². The van der Waals surface area contributed by atoms with E-state index in [1.165, 1.54) is 16.8 Å². The van der Waals surface area contributed by atoms with Gasteiger partial charge in [0.05, 0.1) is 17.0 Å². The Morgan fingerprint density at radius 1 is 1.22 bits per heavy atom. The maximum atomic E-state index is 12.7. The molecule has 0 spiro atoms. The molecule has 0 bridgehead atoms. The fraction of sp³-hybridized carbons (Fsp3) is 0.300. The van der Waals surface area contributed by atoms with Crippen molar-refractivity contribution in [3.05, 3.63) is 74.6 Å². The molecule has 7 heteroatoms. The van der Waals surface area contributed by atoms with Gasteiger partial charge in [0.25, 0.3) is 11.5 Å². The van der Waals surface area contributed by atoms with Crippen molar-refractivity contribution in [3.8, 4) is 0 Å². The SMILES string of the molecule is CCC[C@@H](NC(=O)c1cnc2c(c1)c(=O)[nH]c(=O)n2CC)c1ccccc1. The molecule has 27 heavy (non-hydrogen) atoms. The minimum Gasteiger partial charge on any atom is -0.345 e. The van der Waals surface area contributed by atoms with Crippen LogP contribution in [0.25, 0.3) is 11.0 Å². The number of pyridine rings is 1. The van der Waals surface area contributed by atoms with E-state index in [0.29, 0.717) is 6.54 Å². The fourth-order valence-electron chi connectivity index (χ4n) is 3.12. The van der Waals surface area contributed by atoms with Crippen LogP contribution in [0.3, 0.4) is 0 Å². The first-order valence-corrected chi connectivity index (χ1v) is 9.03. The number of aryl methyl sites for hydroxylation is 1. The lowest BCUT2D eigenvalue weighted by atomic mass is 10.0. The average Bonchev–Trinajstić information content (AvgIpc) is 2.68. The molecule has 0 aliphatic rings. The summed E-state index contributed by atoms with van der Waals surface area (Å²) in [5, 5.41) is 3.23. The van der Waals surface area contributed by atoms with Gasteiger partial charge in [-0.25, -0.2) is 9.78 Å². The molecule has 2 N–H and O–H groups in total. The van der Waals surface area contributed by atoms with Gasteiger partial charge in [-0.2, -0.15) is 0 Å². The first kappa shape index (κ1) is 18.6. The summed E-state index contributed by atoms with van der Waals surface area (Å²) in [7, 11) is 0. The fourth-order valence-corrected chi connectivity index (χ4v) is 3.12. The van der Waals surface area contributed by atoms with Crippen LogP contribution in [0.1, 0.15) is 48.7 Å². The summed E-state index contributed by atoms with van der Waals surface area (Å²) in [5.41, 5.74) is 0.531. The number of hydrogen-bond acceptors (Lipinski definition) is 4. The van der Waals surface area contributed by atoms with Crippen LogP contribution in [0.5, 0.6) is 0 Å². The highest BCUT2D eigenvalue weighted by Crippen LogP contribution is 2.19. The van der Waals surface area contributed by atoms with Crippen LogP contribution in [0, 0.1) is 0 Å². The van der Waals surface area contributed by atoms with Crippen molar-refractivity contribution in [1.82, 2.24) is 19.9 Å². The van der Waals surface area contributed by atoms with Crippen LogP contribution in [-0.2, 0) is 6.54 Å². The van der Waals surface area contributed by atoms with Crippen molar-refractivity contribution in [2.75, 3.05) is 0 Å². The highest BCUT2D eigenvalue weighted by atomic mass is 16.2. The molecular formula is C20H22N4O3. The molecule has 2 aromatic heterocycles. The molecule has 1 aromatic carbocycles. The second kappa shape index (κ2) is 7.99. The summed E-state index contributed by atoms with van der Waals surface area (Å²) in [6, 6.07) is 11.1. The third-order valence-electron chi connectivity index (χ3n) is 4.50. The van der Waals surface area contributed by atoms with Crippen molar-refractivity contribution in [1.29, 1.82) is 0 Å². The lowest BCUT2D eigenvalue weighted by molar-refractivity contribution is 0.0934. The number of fused-ring (bicyclic) bond motifs is 1. The molecule has 1 atom stereocenters. The second-order valence-corrected chi connectivity index (χ2v) is 6.32. The molecule has 1 amide bonds. The zero-order valence-electron chi connectivity index (χ0n) is 15.4. The summed E-state index contributed by atoms with van der Waals surface area (Å²) in [4.78, 5) is 43.2. The number of amides is 1. The van der Waals surface area contributed by atoms with Crippen LogP contribution in [0.2, 0.25) is 0 Å². The number of nitrogens with zero attached hydrogens (tertiary/aromatic N) is 2. The van der Waals surface area contributed by atoms with E-state index in [9.17, 15) is 14.4 Å². The topological polar surface area (TPSA) is 96.8 Å². The van der Waals surface area contributed by atoms with Gasteiger partial charge in [-0.15, -0.1) is 0 Å². The van der Waals surface area contributed by atoms with Gasteiger partial charge in [-0.05, 0) is 25.0 Å². The van der Waals surface area contributed by atoms with Gasteiger partial charge in [0.15, 0.2) is 0 Å². The molecule has 7 nitrogen and oxygen atoms in total. The number of rotatable bonds is 6. The monoisotopic (exact) mass is 366 g/mol. The van der Waals surface area contributed by atoms with E-state index < -0.39 is 11.2 Å². The predicted octanol–water partition coefficient (Wildman–Crippen LogP) is 2.38. The smallest absolute Gasteiger partial charge is 0.329 e. The van der Waals surface area contributed by atoms with Crippen molar-refractivity contribution in [2.45, 2.75) is 39.3 Å². The lowest BCUT2D eigenvalue weighted by Gasteiger charge is -2.18. The summed E-state index contributed by atoms with van der Waals surface area (Å²) in [6.45, 7) is 4.22. The van der Waals surface area contributed by atoms with E-state index in [4.69, 9.17) is 0 Å². The standard InChI is InChI=1S/C20H22N4O3/c1-3-8-16(13-9-6-5-7-10-13)22-18(25)14-11-15-17(21-12-14)24(4-2)20(27)23-19(15)26/h5-7,9-12,16H,3-4,8H2,1-2H3,(H,22,25)(H,23,26,27)/t16-/m1/s1. The van der Waals surface area contributed by atoms with Gasteiger partial charge in [0.2, 0.25) is 0 Å². The van der Waals surface area contributed by atoms with Crippen molar-refractivity contribution >= 4 is 16.9 Å². The first-order chi connectivity index (χ1) is 13.0. The van der Waals surface area contributed by atoms with Crippen LogP contribution in [-0.4, -0.2) is 20.4 Å². The van der Waals surface area contributed by atoms with Crippen LogP contribution >= 0.6 is 0 Å². The Bertz CT molecular complexity index is 1070. The van der Waals surface area contributed by atoms with Crippen molar-refractivity contribution in [2.24, 2.45) is 0 Å². The Balaban J connectivity index is 1.96. The number of hydrogen-bond donors (Lipinski definition) is 2. The molecule has 0 unspecified atom stereocenters. The first-order valence-electron chi connectivity index (χ1n) is 9.03. The molecule has 3 rings (SSSR count). The summed E-state index contributed by atoms with van der Waals surface area (Å²) >= 11 is 0. The van der Waals surface area contributed by atoms with E-state index in [2.05, 4.69) is 22.2 Å². The predicted molar refractivity (Wildman–Crippen MR) is 104 cm³/mol. The zero-order valence-corrected chi connectivity index (χ0v) is 15.4. The Hall–Kier alpha value is -3.22. The molecule has 0 aliphatic carbocycles. The summed E-state index contributed by atoms with van der Waals surface area (Å²) < 4.78 is 1.36.